The summed E-state index contributed by atoms with van der Waals surface area (Å²) in [6.07, 6.45) is -0.612. The molecule has 0 spiro atoms. The lowest BCUT2D eigenvalue weighted by atomic mass is 10.3. The highest BCUT2D eigenvalue weighted by molar-refractivity contribution is 7.89. The van der Waals surface area contributed by atoms with Crippen molar-refractivity contribution in [2.24, 2.45) is 0 Å². The molecule has 0 amide bonds. The van der Waals surface area contributed by atoms with Crippen LogP contribution in [0.25, 0.3) is 0 Å². The maximum Gasteiger partial charge on any atom is 0.246 e. The predicted octanol–water partition coefficient (Wildman–Crippen LogP) is 1.80. The quantitative estimate of drug-likeness (QED) is 0.806. The number of rotatable bonds is 4. The first kappa shape index (κ1) is 17.2. The molecule has 0 bridgehead atoms. The van der Waals surface area contributed by atoms with Crippen LogP contribution in [0.15, 0.2) is 27.5 Å². The van der Waals surface area contributed by atoms with Gasteiger partial charge in [-0.1, -0.05) is 11.6 Å². The van der Waals surface area contributed by atoms with Crippen molar-refractivity contribution in [1.29, 1.82) is 0 Å². The molecule has 1 aliphatic heterocycles. The van der Waals surface area contributed by atoms with Crippen LogP contribution in [0.4, 0.5) is 0 Å². The van der Waals surface area contributed by atoms with Crippen LogP contribution in [-0.2, 0) is 14.8 Å². The number of hydrogen-bond acceptors (Lipinski definition) is 7. The molecule has 0 radical (unpaired) electrons. The Kier molecular flexibility index (Phi) is 4.77. The maximum absolute atomic E-state index is 12.9. The van der Waals surface area contributed by atoms with Crippen LogP contribution < -0.4 is 4.74 Å². The molecule has 2 heterocycles. The average Bonchev–Trinajstić information content (AvgIpc) is 3.02. The summed E-state index contributed by atoms with van der Waals surface area (Å²) in [5.74, 6) is 1.06. The molecule has 0 N–H and O–H groups in total. The summed E-state index contributed by atoms with van der Waals surface area (Å²) >= 11 is 6.08. The second kappa shape index (κ2) is 6.67. The van der Waals surface area contributed by atoms with Gasteiger partial charge in [-0.05, 0) is 12.1 Å². The smallest absolute Gasteiger partial charge is 0.246 e. The Morgan fingerprint density at radius 2 is 2.17 bits per heavy atom. The predicted molar refractivity (Wildman–Crippen MR) is 84.5 cm³/mol. The van der Waals surface area contributed by atoms with Gasteiger partial charge in [0.1, 0.15) is 16.7 Å². The fourth-order valence-electron chi connectivity index (χ4n) is 2.38. The topological polar surface area (TPSA) is 94.8 Å². The van der Waals surface area contributed by atoms with E-state index in [1.165, 1.54) is 23.5 Å². The molecule has 1 fully saturated rings. The van der Waals surface area contributed by atoms with E-state index in [0.717, 1.165) is 0 Å². The number of sulfonamides is 1. The average molecular weight is 374 g/mol. The van der Waals surface area contributed by atoms with Gasteiger partial charge in [-0.25, -0.2) is 8.42 Å². The Balaban J connectivity index is 1.89. The highest BCUT2D eigenvalue weighted by Gasteiger charge is 2.35. The van der Waals surface area contributed by atoms with Crippen LogP contribution in [0.3, 0.4) is 0 Å². The van der Waals surface area contributed by atoms with Gasteiger partial charge in [-0.2, -0.15) is 4.31 Å². The van der Waals surface area contributed by atoms with Crippen molar-refractivity contribution >= 4 is 21.6 Å². The van der Waals surface area contributed by atoms with E-state index in [1.54, 1.807) is 13.0 Å². The molecule has 1 atom stereocenters. The van der Waals surface area contributed by atoms with E-state index in [9.17, 15) is 8.42 Å². The maximum atomic E-state index is 12.9. The summed E-state index contributed by atoms with van der Waals surface area (Å²) in [5.41, 5.74) is 0. The van der Waals surface area contributed by atoms with Gasteiger partial charge in [0, 0.05) is 26.1 Å². The third-order valence-corrected chi connectivity index (χ3v) is 5.95. The van der Waals surface area contributed by atoms with E-state index in [1.807, 2.05) is 0 Å². The van der Waals surface area contributed by atoms with Crippen LogP contribution in [0.5, 0.6) is 5.75 Å². The van der Waals surface area contributed by atoms with Gasteiger partial charge in [0.15, 0.2) is 0 Å². The van der Waals surface area contributed by atoms with E-state index in [-0.39, 0.29) is 35.5 Å². The number of halogens is 1. The largest absolute Gasteiger partial charge is 0.497 e. The normalized spacial score (nSPS) is 19.4. The van der Waals surface area contributed by atoms with Crippen molar-refractivity contribution in [3.8, 4) is 5.75 Å². The summed E-state index contributed by atoms with van der Waals surface area (Å²) in [5, 5.41) is 7.77. The number of ether oxygens (including phenoxy) is 2. The number of nitrogens with zero attached hydrogens (tertiary/aromatic N) is 3. The summed E-state index contributed by atoms with van der Waals surface area (Å²) in [4.78, 5) is -0.00845. The van der Waals surface area contributed by atoms with Crippen molar-refractivity contribution in [3.05, 3.63) is 35.0 Å². The third-order valence-electron chi connectivity index (χ3n) is 3.60. The van der Waals surface area contributed by atoms with Crippen molar-refractivity contribution in [2.75, 3.05) is 26.8 Å². The summed E-state index contributed by atoms with van der Waals surface area (Å²) < 4.78 is 43.1. The highest BCUT2D eigenvalue weighted by atomic mass is 35.5. The van der Waals surface area contributed by atoms with Gasteiger partial charge in [0.25, 0.3) is 0 Å². The lowest BCUT2D eigenvalue weighted by molar-refractivity contribution is -0.0176. The summed E-state index contributed by atoms with van der Waals surface area (Å²) in [7, 11) is -2.35. The number of morpholine rings is 1. The molecule has 1 aromatic carbocycles. The summed E-state index contributed by atoms with van der Waals surface area (Å²) in [6, 6.07) is 4.50. The molecule has 130 valence electrons. The fraction of sp³-hybridized carbons (Fsp3) is 0.429. The lowest BCUT2D eigenvalue weighted by Gasteiger charge is -2.30. The zero-order chi connectivity index (χ0) is 17.3. The zero-order valence-corrected chi connectivity index (χ0v) is 14.7. The Morgan fingerprint density at radius 1 is 1.38 bits per heavy atom. The van der Waals surface area contributed by atoms with Crippen molar-refractivity contribution < 1.29 is 22.3 Å². The van der Waals surface area contributed by atoms with Gasteiger partial charge >= 0.3 is 0 Å². The fourth-order valence-corrected chi connectivity index (χ4v) is 4.30. The Bertz CT molecular complexity index is 839. The van der Waals surface area contributed by atoms with E-state index >= 15 is 0 Å². The molecule has 3 rings (SSSR count). The van der Waals surface area contributed by atoms with Gasteiger partial charge in [0.2, 0.25) is 21.8 Å². The van der Waals surface area contributed by atoms with E-state index in [2.05, 4.69) is 10.2 Å². The van der Waals surface area contributed by atoms with Crippen molar-refractivity contribution in [1.82, 2.24) is 14.5 Å². The monoisotopic (exact) mass is 373 g/mol. The third kappa shape index (κ3) is 3.25. The number of aryl methyl sites for hydroxylation is 1. The van der Waals surface area contributed by atoms with Crippen LogP contribution in [-0.4, -0.2) is 49.7 Å². The van der Waals surface area contributed by atoms with Crippen LogP contribution in [0, 0.1) is 6.92 Å². The Hall–Kier alpha value is -1.68. The molecule has 1 unspecified atom stereocenters. The number of aromatic nitrogens is 2. The minimum Gasteiger partial charge on any atom is -0.497 e. The van der Waals surface area contributed by atoms with Crippen molar-refractivity contribution in [3.63, 3.8) is 0 Å². The van der Waals surface area contributed by atoms with Crippen molar-refractivity contribution in [2.45, 2.75) is 17.9 Å². The molecule has 8 nitrogen and oxygen atoms in total. The minimum atomic E-state index is -3.81. The zero-order valence-electron chi connectivity index (χ0n) is 13.1. The van der Waals surface area contributed by atoms with Crippen LogP contribution in [0.1, 0.15) is 17.9 Å². The first-order valence-electron chi connectivity index (χ1n) is 7.17. The van der Waals surface area contributed by atoms with E-state index in [0.29, 0.717) is 11.6 Å². The second-order valence-corrected chi connectivity index (χ2v) is 7.49. The van der Waals surface area contributed by atoms with Crippen LogP contribution in [0.2, 0.25) is 5.02 Å². The molecule has 24 heavy (non-hydrogen) atoms. The molecule has 0 saturated carbocycles. The molecule has 0 aliphatic carbocycles. The molecular formula is C14H16ClN3O5S. The Labute approximate surface area is 144 Å². The first-order valence-corrected chi connectivity index (χ1v) is 8.99. The van der Waals surface area contributed by atoms with Gasteiger partial charge in [-0.15, -0.1) is 10.2 Å². The standard InChI is InChI=1S/C14H16ClN3O5S/c1-9-16-17-14(23-9)12-8-18(5-6-22-12)24(19,20)13-7-10(21-2)3-4-11(13)15/h3-4,7,12H,5-6,8H2,1-2H3. The van der Waals surface area contributed by atoms with Gasteiger partial charge < -0.3 is 13.9 Å². The first-order chi connectivity index (χ1) is 11.4. The summed E-state index contributed by atoms with van der Waals surface area (Å²) in [6.45, 7) is 2.15. The molecule has 1 aliphatic rings. The molecule has 10 heteroatoms. The van der Waals surface area contributed by atoms with E-state index < -0.39 is 16.1 Å². The van der Waals surface area contributed by atoms with Gasteiger partial charge in [-0.3, -0.25) is 0 Å². The Morgan fingerprint density at radius 3 is 2.83 bits per heavy atom. The number of benzene rings is 1. The van der Waals surface area contributed by atoms with E-state index in [4.69, 9.17) is 25.5 Å². The van der Waals surface area contributed by atoms with Crippen LogP contribution >= 0.6 is 11.6 Å². The number of methoxy groups -OCH3 is 1. The highest BCUT2D eigenvalue weighted by Crippen LogP contribution is 2.31. The molecule has 1 saturated heterocycles. The van der Waals surface area contributed by atoms with Gasteiger partial charge in [0.05, 0.1) is 18.7 Å². The SMILES string of the molecule is COc1ccc(Cl)c(S(=O)(=O)N2CCOC(c3nnc(C)o3)C2)c1. The lowest BCUT2D eigenvalue weighted by Crippen LogP contribution is -2.42. The minimum absolute atomic E-state index is 0.00845. The molecule has 1 aromatic heterocycles. The second-order valence-electron chi connectivity index (χ2n) is 5.18. The number of hydrogen-bond donors (Lipinski definition) is 0. The molecular weight excluding hydrogens is 358 g/mol. The molecule has 2 aromatic rings.